The molecule has 0 atom stereocenters. The molecule has 0 fully saturated rings. The number of nitriles is 3. The van der Waals surface area contributed by atoms with E-state index in [0.29, 0.717) is 33.8 Å². The third-order valence-corrected chi connectivity index (χ3v) is 12.7. The van der Waals surface area contributed by atoms with Crippen LogP contribution in [0.25, 0.3) is 36.5 Å². The molecule has 0 bridgehead atoms. The molecule has 0 unspecified atom stereocenters. The zero-order chi connectivity index (χ0) is 52.9. The fourth-order valence-electron chi connectivity index (χ4n) is 8.47. The van der Waals surface area contributed by atoms with E-state index in [1.165, 1.54) is 0 Å². The van der Waals surface area contributed by atoms with Crippen LogP contribution in [-0.2, 0) is 0 Å². The van der Waals surface area contributed by atoms with Crippen molar-refractivity contribution in [2.45, 2.75) is 41.5 Å². The van der Waals surface area contributed by atoms with Crippen LogP contribution in [0.4, 0.5) is 51.2 Å². The predicted molar refractivity (Wildman–Crippen MR) is 309 cm³/mol. The summed E-state index contributed by atoms with van der Waals surface area (Å²) < 4.78 is 0. The van der Waals surface area contributed by atoms with Gasteiger partial charge in [0.15, 0.2) is 0 Å². The average Bonchev–Trinajstić information content (AvgIpc) is 3.46. The fraction of sp³-hybridized carbons (Fsp3) is 0.190. The maximum atomic E-state index is 10.8. The van der Waals surface area contributed by atoms with Crippen LogP contribution in [0.15, 0.2) is 176 Å². The van der Waals surface area contributed by atoms with Crippen molar-refractivity contribution >= 4 is 87.6 Å². The van der Waals surface area contributed by atoms with Crippen molar-refractivity contribution in [3.63, 3.8) is 0 Å². The van der Waals surface area contributed by atoms with E-state index in [0.717, 1.165) is 90.1 Å². The molecule has 0 radical (unpaired) electrons. The standard InChI is InChI=1S/C63H60N12/c1-7-73(8-2)55-34-28-52(29-35-55)70-67-49-22-13-46(14-23-49)19-40-58-61(43-64)59(41-20-47-15-24-50(25-16-47)68-71-53-30-36-56(37-31-53)74(9-3)10-4)63(45-66)60(62(58)44-65)42-21-48-17-26-51(27-18-48)69-72-54-32-38-57(39-33-54)75(11-5)12-6/h13-42H,7-12H2,1-6H3/b40-19+,41-20+,42-21+,70-67?,71-68?,72-69?. The van der Waals surface area contributed by atoms with Gasteiger partial charge in [0.05, 0.1) is 50.8 Å². The van der Waals surface area contributed by atoms with Gasteiger partial charge in [0.1, 0.15) is 18.2 Å². The average molecular weight is 985 g/mol. The molecule has 12 heteroatoms. The van der Waals surface area contributed by atoms with Gasteiger partial charge in [-0.05, 0) is 167 Å². The SMILES string of the molecule is CCN(CC)c1ccc(N=Nc2ccc(/C=C/c3c(C#N)c(/C=C/c4ccc(N=Nc5ccc(N(CC)CC)cc5)cc4)c(C#N)c(/C=C/c4ccc(N=Nc5ccc(N(CC)CC)cc5)cc4)c3C#N)cc2)cc1. The summed E-state index contributed by atoms with van der Waals surface area (Å²) in [5.41, 5.74) is 11.8. The second-order valence-corrected chi connectivity index (χ2v) is 17.1. The van der Waals surface area contributed by atoms with Gasteiger partial charge < -0.3 is 14.7 Å². The van der Waals surface area contributed by atoms with Gasteiger partial charge in [-0.15, -0.1) is 0 Å². The van der Waals surface area contributed by atoms with Gasteiger partial charge >= 0.3 is 0 Å². The molecule has 0 spiro atoms. The molecule has 75 heavy (non-hydrogen) atoms. The first-order chi connectivity index (χ1) is 36.7. The van der Waals surface area contributed by atoms with Gasteiger partial charge in [-0.25, -0.2) is 0 Å². The van der Waals surface area contributed by atoms with Crippen molar-refractivity contribution in [3.8, 4) is 18.2 Å². The van der Waals surface area contributed by atoms with Crippen molar-refractivity contribution in [3.05, 3.63) is 196 Å². The predicted octanol–water partition coefficient (Wildman–Crippen LogP) is 17.6. The number of anilines is 3. The second-order valence-electron chi connectivity index (χ2n) is 17.1. The summed E-state index contributed by atoms with van der Waals surface area (Å²) >= 11 is 0. The normalized spacial score (nSPS) is 11.6. The highest BCUT2D eigenvalue weighted by Crippen LogP contribution is 2.34. The molecule has 0 heterocycles. The lowest BCUT2D eigenvalue weighted by molar-refractivity contribution is 0.866. The summed E-state index contributed by atoms with van der Waals surface area (Å²) in [6, 6.07) is 53.6. The largest absolute Gasteiger partial charge is 0.372 e. The molecule has 0 saturated carbocycles. The van der Waals surface area contributed by atoms with E-state index in [1.54, 1.807) is 18.2 Å². The van der Waals surface area contributed by atoms with Gasteiger partial charge in [0, 0.05) is 73.0 Å². The van der Waals surface area contributed by atoms with Gasteiger partial charge in [0.2, 0.25) is 0 Å². The van der Waals surface area contributed by atoms with Gasteiger partial charge in [-0.3, -0.25) is 0 Å². The fourth-order valence-corrected chi connectivity index (χ4v) is 8.47. The number of hydrogen-bond donors (Lipinski definition) is 0. The zero-order valence-electron chi connectivity index (χ0n) is 43.4. The monoisotopic (exact) mass is 985 g/mol. The molecule has 7 rings (SSSR count). The first-order valence-electron chi connectivity index (χ1n) is 25.3. The summed E-state index contributed by atoms with van der Waals surface area (Å²) in [6.45, 7) is 18.3. The first kappa shape index (κ1) is 53.2. The van der Waals surface area contributed by atoms with Crippen LogP contribution >= 0.6 is 0 Å². The Morgan fingerprint density at radius 1 is 0.293 bits per heavy atom. The molecule has 7 aromatic carbocycles. The molecule has 0 aliphatic rings. The third-order valence-electron chi connectivity index (χ3n) is 12.7. The number of hydrogen-bond acceptors (Lipinski definition) is 12. The number of benzene rings is 7. The highest BCUT2D eigenvalue weighted by atomic mass is 15.1. The van der Waals surface area contributed by atoms with E-state index in [2.05, 4.69) is 105 Å². The molecular weight excluding hydrogens is 925 g/mol. The Labute approximate surface area is 441 Å². The minimum atomic E-state index is 0.194. The molecule has 12 nitrogen and oxygen atoms in total. The smallest absolute Gasteiger partial charge is 0.100 e. The summed E-state index contributed by atoms with van der Waals surface area (Å²) in [5, 5.41) is 59.1. The van der Waals surface area contributed by atoms with Gasteiger partial charge in [-0.1, -0.05) is 72.9 Å². The molecule has 0 N–H and O–H groups in total. The third kappa shape index (κ3) is 13.9. The molecule has 0 aromatic heterocycles. The van der Waals surface area contributed by atoms with Crippen LogP contribution in [0.3, 0.4) is 0 Å². The van der Waals surface area contributed by atoms with E-state index < -0.39 is 0 Å². The summed E-state index contributed by atoms with van der Waals surface area (Å²) in [7, 11) is 0. The Balaban J connectivity index is 1.18. The topological polar surface area (TPSA) is 155 Å². The van der Waals surface area contributed by atoms with Crippen LogP contribution < -0.4 is 14.7 Å². The maximum absolute atomic E-state index is 10.8. The van der Waals surface area contributed by atoms with Crippen LogP contribution in [0.5, 0.6) is 0 Å². The van der Waals surface area contributed by atoms with E-state index in [1.807, 2.05) is 164 Å². The van der Waals surface area contributed by atoms with Crippen LogP contribution in [0.2, 0.25) is 0 Å². The van der Waals surface area contributed by atoms with E-state index in [9.17, 15) is 15.8 Å². The lowest BCUT2D eigenvalue weighted by atomic mass is 9.86. The Morgan fingerprint density at radius 3 is 0.653 bits per heavy atom. The van der Waals surface area contributed by atoms with Crippen LogP contribution in [0.1, 0.15) is 91.6 Å². The molecule has 7 aromatic rings. The minimum Gasteiger partial charge on any atom is -0.372 e. The molecule has 372 valence electrons. The highest BCUT2D eigenvalue weighted by molar-refractivity contribution is 5.90. The van der Waals surface area contributed by atoms with Crippen molar-refractivity contribution in [1.82, 2.24) is 0 Å². The quantitative estimate of drug-likeness (QED) is 0.0515. The molecule has 0 aliphatic carbocycles. The van der Waals surface area contributed by atoms with E-state index in [-0.39, 0.29) is 16.7 Å². The summed E-state index contributed by atoms with van der Waals surface area (Å²) in [6.07, 6.45) is 10.8. The first-order valence-corrected chi connectivity index (χ1v) is 25.3. The van der Waals surface area contributed by atoms with E-state index in [4.69, 9.17) is 0 Å². The number of azo groups is 3. The van der Waals surface area contributed by atoms with Crippen molar-refractivity contribution < 1.29 is 0 Å². The Hall–Kier alpha value is -9.57. The summed E-state index contributed by atoms with van der Waals surface area (Å²) in [4.78, 5) is 6.81. The van der Waals surface area contributed by atoms with Crippen molar-refractivity contribution in [2.24, 2.45) is 30.7 Å². The Bertz CT molecular complexity index is 2940. The maximum Gasteiger partial charge on any atom is 0.100 e. The molecule has 0 amide bonds. The van der Waals surface area contributed by atoms with Crippen LogP contribution in [-0.4, -0.2) is 39.3 Å². The number of rotatable bonds is 21. The van der Waals surface area contributed by atoms with Gasteiger partial charge in [-0.2, -0.15) is 46.5 Å². The van der Waals surface area contributed by atoms with E-state index >= 15 is 0 Å². The molecule has 0 saturated heterocycles. The highest BCUT2D eigenvalue weighted by Gasteiger charge is 2.21. The van der Waals surface area contributed by atoms with Crippen molar-refractivity contribution in [2.75, 3.05) is 54.0 Å². The summed E-state index contributed by atoms with van der Waals surface area (Å²) in [5.74, 6) is 0. The Kier molecular flexibility index (Phi) is 19.0. The molecular formula is C63H60N12. The number of nitrogens with zero attached hydrogens (tertiary/aromatic N) is 12. The molecule has 0 aliphatic heterocycles. The van der Waals surface area contributed by atoms with Gasteiger partial charge in [0.25, 0.3) is 0 Å². The van der Waals surface area contributed by atoms with Crippen molar-refractivity contribution in [1.29, 1.82) is 15.8 Å². The lowest BCUT2D eigenvalue weighted by Crippen LogP contribution is -2.21. The zero-order valence-corrected chi connectivity index (χ0v) is 43.4. The second kappa shape index (κ2) is 26.8. The van der Waals surface area contributed by atoms with Crippen LogP contribution in [0, 0.1) is 34.0 Å². The lowest BCUT2D eigenvalue weighted by Gasteiger charge is -2.20. The minimum absolute atomic E-state index is 0.194. The Morgan fingerprint density at radius 2 is 0.480 bits per heavy atom.